The molecule has 0 fully saturated rings. The maximum Gasteiger partial charge on any atom is 0.411 e. The molecule has 0 aliphatic heterocycles. The lowest BCUT2D eigenvalue weighted by molar-refractivity contribution is -0.175. The standard InChI is InChI=1S/C26H29F6N3O4/c1-14(16-7-6-8-18(22(16)27)26(31,32)24(3,4)36)33-23-17-11-21(39-10-9-38-13-25(28,29)30)20(37-5)12-19(17)34-15(2)35-23/h6-8,11-12,14,36H,9-10,13H2,1-5H3,(H,33,34,35)/t14-/m1/s1. The summed E-state index contributed by atoms with van der Waals surface area (Å²) in [5.41, 5.74) is -3.13. The number of methoxy groups -OCH3 is 1. The van der Waals surface area contributed by atoms with Crippen molar-refractivity contribution >= 4 is 16.7 Å². The molecule has 0 aliphatic carbocycles. The molecule has 3 aromatic rings. The van der Waals surface area contributed by atoms with Crippen LogP contribution in [-0.4, -0.2) is 53.8 Å². The number of aliphatic hydroxyl groups is 1. The Labute approximate surface area is 221 Å². The number of benzene rings is 2. The van der Waals surface area contributed by atoms with Crippen molar-refractivity contribution < 1.29 is 45.7 Å². The Morgan fingerprint density at radius 2 is 1.72 bits per heavy atom. The molecule has 0 spiro atoms. The summed E-state index contributed by atoms with van der Waals surface area (Å²) in [6.45, 7) is 3.00. The maximum absolute atomic E-state index is 15.3. The molecule has 0 radical (unpaired) electrons. The number of anilines is 1. The SMILES string of the molecule is COc1cc2nc(C)nc(N[C@H](C)c3cccc(C(F)(F)C(C)(C)O)c3F)c2cc1OCCOCC(F)(F)F. The molecular weight excluding hydrogens is 532 g/mol. The molecule has 1 heterocycles. The minimum absolute atomic E-state index is 0.0901. The quantitative estimate of drug-likeness (QED) is 0.217. The number of aryl methyl sites for hydroxylation is 1. The van der Waals surface area contributed by atoms with Crippen LogP contribution >= 0.6 is 0 Å². The number of aromatic nitrogens is 2. The molecule has 0 amide bonds. The van der Waals surface area contributed by atoms with E-state index in [2.05, 4.69) is 20.0 Å². The Morgan fingerprint density at radius 3 is 2.33 bits per heavy atom. The smallest absolute Gasteiger partial charge is 0.411 e. The van der Waals surface area contributed by atoms with Crippen LogP contribution in [0.2, 0.25) is 0 Å². The van der Waals surface area contributed by atoms with E-state index >= 15 is 4.39 Å². The van der Waals surface area contributed by atoms with Crippen LogP contribution in [0.5, 0.6) is 11.5 Å². The van der Waals surface area contributed by atoms with Gasteiger partial charge in [0.1, 0.15) is 36.3 Å². The summed E-state index contributed by atoms with van der Waals surface area (Å²) in [6.07, 6.45) is -4.46. The van der Waals surface area contributed by atoms with E-state index in [1.807, 2.05) is 0 Å². The lowest BCUT2D eigenvalue weighted by atomic mass is 9.91. The topological polar surface area (TPSA) is 85.7 Å². The molecular formula is C26H29F6N3O4. The van der Waals surface area contributed by atoms with Crippen LogP contribution in [0.1, 0.15) is 43.8 Å². The van der Waals surface area contributed by atoms with Crippen molar-refractivity contribution in [3.8, 4) is 11.5 Å². The number of nitrogens with zero attached hydrogens (tertiary/aromatic N) is 2. The lowest BCUT2D eigenvalue weighted by Gasteiger charge is -2.30. The number of halogens is 6. The molecule has 7 nitrogen and oxygen atoms in total. The zero-order valence-electron chi connectivity index (χ0n) is 21.9. The Balaban J connectivity index is 1.93. The predicted octanol–water partition coefficient (Wildman–Crippen LogP) is 6.08. The van der Waals surface area contributed by atoms with E-state index in [1.165, 1.54) is 31.4 Å². The van der Waals surface area contributed by atoms with Gasteiger partial charge in [-0.1, -0.05) is 12.1 Å². The first-order valence-electron chi connectivity index (χ1n) is 11.8. The van der Waals surface area contributed by atoms with E-state index in [9.17, 15) is 27.1 Å². The molecule has 1 aromatic heterocycles. The third-order valence-electron chi connectivity index (χ3n) is 5.80. The fourth-order valence-electron chi connectivity index (χ4n) is 3.77. The molecule has 0 saturated carbocycles. The summed E-state index contributed by atoms with van der Waals surface area (Å²) in [7, 11) is 1.38. The van der Waals surface area contributed by atoms with Crippen molar-refractivity contribution in [3.05, 3.63) is 53.1 Å². The molecule has 3 rings (SSSR count). The van der Waals surface area contributed by atoms with Crippen molar-refractivity contribution in [2.45, 2.75) is 51.4 Å². The Bertz CT molecular complexity index is 1310. The summed E-state index contributed by atoms with van der Waals surface area (Å²) in [5, 5.41) is 13.3. The second-order valence-electron chi connectivity index (χ2n) is 9.36. The van der Waals surface area contributed by atoms with E-state index < -0.39 is 41.7 Å². The first-order chi connectivity index (χ1) is 18.0. The van der Waals surface area contributed by atoms with E-state index in [4.69, 9.17) is 9.47 Å². The monoisotopic (exact) mass is 561 g/mol. The molecule has 0 saturated heterocycles. The molecule has 0 unspecified atom stereocenters. The first kappa shape index (κ1) is 30.2. The van der Waals surface area contributed by atoms with Gasteiger partial charge in [0.2, 0.25) is 0 Å². The highest BCUT2D eigenvalue weighted by Crippen LogP contribution is 2.42. The number of rotatable bonds is 11. The maximum atomic E-state index is 15.3. The number of alkyl halides is 5. The van der Waals surface area contributed by atoms with Crippen molar-refractivity contribution in [1.82, 2.24) is 9.97 Å². The number of hydrogen-bond acceptors (Lipinski definition) is 7. The van der Waals surface area contributed by atoms with Gasteiger partial charge >= 0.3 is 12.1 Å². The molecule has 13 heteroatoms. The highest BCUT2D eigenvalue weighted by Gasteiger charge is 2.49. The number of ether oxygens (including phenoxy) is 3. The van der Waals surface area contributed by atoms with Crippen LogP contribution in [-0.2, 0) is 10.7 Å². The molecule has 214 valence electrons. The summed E-state index contributed by atoms with van der Waals surface area (Å²) >= 11 is 0. The summed E-state index contributed by atoms with van der Waals surface area (Å²) < 4.78 is 97.1. The molecule has 1 atom stereocenters. The van der Waals surface area contributed by atoms with Crippen LogP contribution in [0, 0.1) is 12.7 Å². The third-order valence-corrected chi connectivity index (χ3v) is 5.80. The van der Waals surface area contributed by atoms with Gasteiger partial charge in [-0.2, -0.15) is 22.0 Å². The van der Waals surface area contributed by atoms with E-state index in [0.29, 0.717) is 16.7 Å². The fraction of sp³-hybridized carbons (Fsp3) is 0.462. The molecule has 39 heavy (non-hydrogen) atoms. The highest BCUT2D eigenvalue weighted by atomic mass is 19.4. The predicted molar refractivity (Wildman–Crippen MR) is 132 cm³/mol. The highest BCUT2D eigenvalue weighted by molar-refractivity contribution is 5.92. The molecule has 2 N–H and O–H groups in total. The lowest BCUT2D eigenvalue weighted by Crippen LogP contribution is -2.41. The van der Waals surface area contributed by atoms with E-state index in [1.54, 1.807) is 13.8 Å². The van der Waals surface area contributed by atoms with Crippen molar-refractivity contribution in [3.63, 3.8) is 0 Å². The van der Waals surface area contributed by atoms with Crippen molar-refractivity contribution in [2.75, 3.05) is 32.2 Å². The Kier molecular flexibility index (Phi) is 8.85. The van der Waals surface area contributed by atoms with Gasteiger partial charge in [-0.3, -0.25) is 0 Å². The van der Waals surface area contributed by atoms with Gasteiger partial charge in [0.15, 0.2) is 11.5 Å². The fourth-order valence-corrected chi connectivity index (χ4v) is 3.77. The average Bonchev–Trinajstić information content (AvgIpc) is 2.82. The summed E-state index contributed by atoms with van der Waals surface area (Å²) in [6, 6.07) is 5.71. The largest absolute Gasteiger partial charge is 0.493 e. The second-order valence-corrected chi connectivity index (χ2v) is 9.36. The van der Waals surface area contributed by atoms with Crippen LogP contribution in [0.15, 0.2) is 30.3 Å². The van der Waals surface area contributed by atoms with Gasteiger partial charge < -0.3 is 24.6 Å². The van der Waals surface area contributed by atoms with Crippen LogP contribution in [0.25, 0.3) is 10.9 Å². The van der Waals surface area contributed by atoms with Crippen molar-refractivity contribution in [2.24, 2.45) is 0 Å². The van der Waals surface area contributed by atoms with E-state index in [-0.39, 0.29) is 36.1 Å². The normalized spacial score (nSPS) is 13.4. The number of fused-ring (bicyclic) bond motifs is 1. The summed E-state index contributed by atoms with van der Waals surface area (Å²) in [4.78, 5) is 8.72. The van der Waals surface area contributed by atoms with Crippen LogP contribution < -0.4 is 14.8 Å². The Morgan fingerprint density at radius 1 is 1.03 bits per heavy atom. The Hall–Kier alpha value is -3.32. The molecule has 0 aliphatic rings. The van der Waals surface area contributed by atoms with Gasteiger partial charge in [0.05, 0.1) is 30.8 Å². The third kappa shape index (κ3) is 7.01. The summed E-state index contributed by atoms with van der Waals surface area (Å²) in [5.74, 6) is -4.05. The van der Waals surface area contributed by atoms with Crippen LogP contribution in [0.4, 0.5) is 32.2 Å². The van der Waals surface area contributed by atoms with Gasteiger partial charge in [-0.25, -0.2) is 14.4 Å². The number of nitrogens with one attached hydrogen (secondary N) is 1. The zero-order valence-corrected chi connectivity index (χ0v) is 21.9. The van der Waals surface area contributed by atoms with Gasteiger partial charge in [-0.05, 0) is 39.8 Å². The van der Waals surface area contributed by atoms with Gasteiger partial charge in [0, 0.05) is 17.0 Å². The van der Waals surface area contributed by atoms with Gasteiger partial charge in [-0.15, -0.1) is 0 Å². The minimum Gasteiger partial charge on any atom is -0.493 e. The average molecular weight is 562 g/mol. The van der Waals surface area contributed by atoms with Gasteiger partial charge in [0.25, 0.3) is 0 Å². The van der Waals surface area contributed by atoms with Crippen molar-refractivity contribution in [1.29, 1.82) is 0 Å². The van der Waals surface area contributed by atoms with Crippen LogP contribution in [0.3, 0.4) is 0 Å². The minimum atomic E-state index is -4.46. The molecule has 2 aromatic carbocycles. The zero-order chi connectivity index (χ0) is 29.2. The van der Waals surface area contributed by atoms with E-state index in [0.717, 1.165) is 19.9 Å². The second kappa shape index (κ2) is 11.4. The molecule has 0 bridgehead atoms. The number of hydrogen-bond donors (Lipinski definition) is 2. The first-order valence-corrected chi connectivity index (χ1v) is 11.8.